The van der Waals surface area contributed by atoms with Crippen LogP contribution >= 0.6 is 0 Å². The summed E-state index contributed by atoms with van der Waals surface area (Å²) < 4.78 is 25.5. The van der Waals surface area contributed by atoms with Crippen molar-refractivity contribution in [1.29, 1.82) is 0 Å². The summed E-state index contributed by atoms with van der Waals surface area (Å²) in [6.07, 6.45) is 4.87. The van der Waals surface area contributed by atoms with Gasteiger partial charge < -0.3 is 25.3 Å². The predicted octanol–water partition coefficient (Wildman–Crippen LogP) is 2.94. The number of fused-ring (bicyclic) bond motifs is 1. The van der Waals surface area contributed by atoms with Crippen molar-refractivity contribution in [3.05, 3.63) is 29.5 Å². The van der Waals surface area contributed by atoms with Gasteiger partial charge in [0.2, 0.25) is 5.88 Å². The number of nitrogens with zero attached hydrogens (tertiary/aromatic N) is 1. The highest BCUT2D eigenvalue weighted by atomic mass is 19.1. The first kappa shape index (κ1) is 25.4. The van der Waals surface area contributed by atoms with E-state index in [1.54, 1.807) is 18.3 Å². The van der Waals surface area contributed by atoms with Gasteiger partial charge in [-0.1, -0.05) is 18.8 Å². The first-order valence-electron chi connectivity index (χ1n) is 12.2. The van der Waals surface area contributed by atoms with Gasteiger partial charge in [0.15, 0.2) is 6.17 Å². The summed E-state index contributed by atoms with van der Waals surface area (Å²) >= 11 is 0. The van der Waals surface area contributed by atoms with Gasteiger partial charge >= 0.3 is 0 Å². The molecule has 3 atom stereocenters. The predicted molar refractivity (Wildman–Crippen MR) is 131 cm³/mol. The van der Waals surface area contributed by atoms with Crippen molar-refractivity contribution in [2.45, 2.75) is 51.2 Å². The SMILES string of the molecule is CC[C@@H]1[C@H](F)C(=O)N[C@@H]1COc1ncc(C#C[C@H]2CC[C@@H](C=O)CC2)c2cc(C(N)=O)c(OC)cc12. The maximum atomic E-state index is 14.2. The molecule has 1 aliphatic carbocycles. The Hall–Kier alpha value is -3.67. The summed E-state index contributed by atoms with van der Waals surface area (Å²) in [7, 11) is 1.43. The maximum Gasteiger partial charge on any atom is 0.255 e. The highest BCUT2D eigenvalue weighted by Gasteiger charge is 2.41. The molecule has 1 saturated carbocycles. The molecule has 1 aliphatic heterocycles. The summed E-state index contributed by atoms with van der Waals surface area (Å²) in [6.45, 7) is 1.87. The third-order valence-corrected chi connectivity index (χ3v) is 7.15. The van der Waals surface area contributed by atoms with Gasteiger partial charge in [0, 0.05) is 34.7 Å². The largest absolute Gasteiger partial charge is 0.496 e. The van der Waals surface area contributed by atoms with Crippen molar-refractivity contribution >= 4 is 28.9 Å². The van der Waals surface area contributed by atoms with Crippen LogP contribution in [0.1, 0.15) is 54.9 Å². The van der Waals surface area contributed by atoms with E-state index in [4.69, 9.17) is 15.2 Å². The van der Waals surface area contributed by atoms with Gasteiger partial charge in [0.25, 0.3) is 11.8 Å². The zero-order chi connectivity index (χ0) is 25.8. The van der Waals surface area contributed by atoms with Gasteiger partial charge in [-0.3, -0.25) is 9.59 Å². The van der Waals surface area contributed by atoms with Crippen molar-refractivity contribution in [3.63, 3.8) is 0 Å². The Bertz CT molecular complexity index is 1230. The average molecular weight is 496 g/mol. The van der Waals surface area contributed by atoms with E-state index < -0.39 is 29.9 Å². The van der Waals surface area contributed by atoms with E-state index in [2.05, 4.69) is 22.1 Å². The number of amides is 2. The lowest BCUT2D eigenvalue weighted by molar-refractivity contribution is -0.124. The number of aromatic nitrogens is 1. The van der Waals surface area contributed by atoms with Gasteiger partial charge in [-0.25, -0.2) is 9.37 Å². The Kier molecular flexibility index (Phi) is 7.73. The van der Waals surface area contributed by atoms with Crippen molar-refractivity contribution in [2.24, 2.45) is 23.5 Å². The topological polar surface area (TPSA) is 121 Å². The lowest BCUT2D eigenvalue weighted by Gasteiger charge is -2.21. The third kappa shape index (κ3) is 5.13. The summed E-state index contributed by atoms with van der Waals surface area (Å²) in [5, 5.41) is 3.83. The van der Waals surface area contributed by atoms with E-state index in [0.717, 1.165) is 32.0 Å². The van der Waals surface area contributed by atoms with E-state index in [9.17, 15) is 18.8 Å². The molecule has 4 rings (SSSR count). The van der Waals surface area contributed by atoms with Crippen LogP contribution in [0.2, 0.25) is 0 Å². The molecule has 2 aliphatic rings. The molecule has 2 amide bonds. The van der Waals surface area contributed by atoms with Crippen LogP contribution in [0, 0.1) is 29.6 Å². The summed E-state index contributed by atoms with van der Waals surface area (Å²) in [5.74, 6) is 5.52. The number of carbonyl (C=O) groups is 3. The zero-order valence-corrected chi connectivity index (χ0v) is 20.4. The van der Waals surface area contributed by atoms with Crippen molar-refractivity contribution in [3.8, 4) is 23.5 Å². The monoisotopic (exact) mass is 495 g/mol. The molecule has 0 spiro atoms. The number of nitrogens with one attached hydrogen (secondary N) is 1. The lowest BCUT2D eigenvalue weighted by Crippen LogP contribution is -2.34. The average Bonchev–Trinajstić information content (AvgIpc) is 3.17. The molecule has 1 aromatic heterocycles. The van der Waals surface area contributed by atoms with Crippen molar-refractivity contribution in [1.82, 2.24) is 10.3 Å². The van der Waals surface area contributed by atoms with Gasteiger partial charge in [-0.15, -0.1) is 0 Å². The summed E-state index contributed by atoms with van der Waals surface area (Å²) in [5.41, 5.74) is 6.38. The first-order valence-corrected chi connectivity index (χ1v) is 12.2. The van der Waals surface area contributed by atoms with Gasteiger partial charge in [-0.05, 0) is 44.2 Å². The molecule has 2 heterocycles. The minimum atomic E-state index is -1.56. The molecule has 1 aromatic carbocycles. The molecule has 190 valence electrons. The molecule has 1 saturated heterocycles. The number of benzene rings is 1. The van der Waals surface area contributed by atoms with Crippen molar-refractivity contribution in [2.75, 3.05) is 13.7 Å². The number of primary amides is 1. The molecule has 2 aromatic rings. The fraction of sp³-hybridized carbons (Fsp3) is 0.481. The Morgan fingerprint density at radius 1 is 1.28 bits per heavy atom. The third-order valence-electron chi connectivity index (χ3n) is 7.15. The number of ether oxygens (including phenoxy) is 2. The lowest BCUT2D eigenvalue weighted by atomic mass is 9.83. The van der Waals surface area contributed by atoms with E-state index >= 15 is 0 Å². The zero-order valence-electron chi connectivity index (χ0n) is 20.4. The molecule has 0 radical (unpaired) electrons. The second-order valence-electron chi connectivity index (χ2n) is 9.36. The number of hydrogen-bond donors (Lipinski definition) is 2. The van der Waals surface area contributed by atoms with Crippen LogP contribution in [0.3, 0.4) is 0 Å². The standard InChI is InChI=1S/C27H30FN3O5/c1-3-18-22(31-26(34)24(18)28)14-36-27-20-11-23(35-2)21(25(29)33)10-19(20)17(12-30-27)9-8-15-4-6-16(13-32)7-5-15/h10-13,15-16,18,22,24H,3-7,14H2,1-2H3,(H2,29,33)(H,31,34)/t15-,16+,18-,22+,24-/m0/s1. The highest BCUT2D eigenvalue weighted by Crippen LogP contribution is 2.34. The molecule has 9 heteroatoms. The smallest absolute Gasteiger partial charge is 0.255 e. The minimum Gasteiger partial charge on any atom is -0.496 e. The molecular formula is C27H30FN3O5. The van der Waals surface area contributed by atoms with Crippen LogP contribution in [0.4, 0.5) is 4.39 Å². The number of hydrogen-bond acceptors (Lipinski definition) is 6. The molecule has 2 fully saturated rings. The van der Waals surface area contributed by atoms with E-state index in [1.165, 1.54) is 7.11 Å². The number of pyridine rings is 1. The Balaban J connectivity index is 1.67. The van der Waals surface area contributed by atoms with Crippen molar-refractivity contribution < 1.29 is 28.2 Å². The quantitative estimate of drug-likeness (QED) is 0.450. The molecule has 3 N–H and O–H groups in total. The van der Waals surface area contributed by atoms with Crippen LogP contribution < -0.4 is 20.5 Å². The molecule has 0 unspecified atom stereocenters. The summed E-state index contributed by atoms with van der Waals surface area (Å²) in [6, 6.07) is 2.75. The van der Waals surface area contributed by atoms with Gasteiger partial charge in [0.05, 0.1) is 24.3 Å². The van der Waals surface area contributed by atoms with E-state index in [0.29, 0.717) is 22.8 Å². The number of alkyl halides is 1. The maximum absolute atomic E-state index is 14.2. The molecular weight excluding hydrogens is 465 g/mol. The number of carbonyl (C=O) groups excluding carboxylic acids is 3. The Morgan fingerprint density at radius 3 is 2.67 bits per heavy atom. The first-order chi connectivity index (χ1) is 17.4. The second kappa shape index (κ2) is 10.9. The highest BCUT2D eigenvalue weighted by molar-refractivity contribution is 6.03. The second-order valence-corrected chi connectivity index (χ2v) is 9.36. The van der Waals surface area contributed by atoms with Crippen LogP contribution in [0.5, 0.6) is 11.6 Å². The van der Waals surface area contributed by atoms with E-state index in [1.807, 2.05) is 6.92 Å². The Morgan fingerprint density at radius 2 is 2.03 bits per heavy atom. The van der Waals surface area contributed by atoms with Gasteiger partial charge in [-0.2, -0.15) is 0 Å². The number of halogens is 1. The molecule has 8 nitrogen and oxygen atoms in total. The van der Waals surface area contributed by atoms with Crippen LogP contribution in [-0.2, 0) is 9.59 Å². The Labute approximate surface area is 209 Å². The molecule has 0 bridgehead atoms. The van der Waals surface area contributed by atoms with Crippen LogP contribution in [-0.4, -0.2) is 49.0 Å². The van der Waals surface area contributed by atoms with Crippen LogP contribution in [0.15, 0.2) is 18.3 Å². The summed E-state index contributed by atoms with van der Waals surface area (Å²) in [4.78, 5) is 39.3. The number of nitrogens with two attached hydrogens (primary N) is 1. The fourth-order valence-corrected chi connectivity index (χ4v) is 4.99. The van der Waals surface area contributed by atoms with E-state index in [-0.39, 0.29) is 35.6 Å². The normalized spacial score (nSPS) is 25.5. The number of methoxy groups -OCH3 is 1. The van der Waals surface area contributed by atoms with Crippen LogP contribution in [0.25, 0.3) is 10.8 Å². The molecule has 36 heavy (non-hydrogen) atoms. The number of rotatable bonds is 7. The minimum absolute atomic E-state index is 0.0393. The van der Waals surface area contributed by atoms with Gasteiger partial charge in [0.1, 0.15) is 18.6 Å². The number of aldehydes is 1. The fourth-order valence-electron chi connectivity index (χ4n) is 4.99.